The molecule has 1 aromatic rings. The number of piperazine rings is 1. The van der Waals surface area contributed by atoms with E-state index in [1.165, 1.54) is 0 Å². The summed E-state index contributed by atoms with van der Waals surface area (Å²) < 4.78 is 5.64. The van der Waals surface area contributed by atoms with Crippen LogP contribution in [0.1, 0.15) is 66.0 Å². The second-order valence-corrected chi connectivity index (χ2v) is 10.8. The minimum Gasteiger partial charge on any atom is -0.444 e. The van der Waals surface area contributed by atoms with Crippen LogP contribution in [0.5, 0.6) is 0 Å². The lowest BCUT2D eigenvalue weighted by Crippen LogP contribution is -2.97. The van der Waals surface area contributed by atoms with Crippen LogP contribution in [0.4, 0.5) is 16.2 Å². The van der Waals surface area contributed by atoms with E-state index in [-0.39, 0.29) is 47.6 Å². The van der Waals surface area contributed by atoms with Crippen molar-refractivity contribution in [1.29, 1.82) is 0 Å². The number of nitrogens with zero attached hydrogens (tertiary/aromatic N) is 3. The van der Waals surface area contributed by atoms with E-state index in [9.17, 15) is 9.59 Å². The molecule has 2 amide bonds. The van der Waals surface area contributed by atoms with Crippen molar-refractivity contribution < 1.29 is 14.3 Å². The lowest BCUT2D eigenvalue weighted by Gasteiger charge is -2.80. The van der Waals surface area contributed by atoms with Crippen LogP contribution in [0.2, 0.25) is 0 Å². The van der Waals surface area contributed by atoms with E-state index in [1.807, 2.05) is 30.6 Å². The second kappa shape index (κ2) is 6.37. The van der Waals surface area contributed by atoms with Crippen molar-refractivity contribution >= 4 is 23.4 Å². The van der Waals surface area contributed by atoms with Crippen LogP contribution in [0.15, 0.2) is 18.2 Å². The molecule has 1 aromatic carbocycles. The highest BCUT2D eigenvalue weighted by Crippen LogP contribution is 2.62. The molecule has 7 nitrogen and oxygen atoms in total. The third-order valence-electron chi connectivity index (χ3n) is 8.12. The Kier molecular flexibility index (Phi) is 4.24. The Hall–Kier alpha value is -2.28. The Labute approximate surface area is 184 Å². The third-order valence-corrected chi connectivity index (χ3v) is 8.12. The van der Waals surface area contributed by atoms with Gasteiger partial charge in [-0.05, 0) is 70.2 Å². The van der Waals surface area contributed by atoms with Gasteiger partial charge in [0, 0.05) is 36.9 Å². The van der Waals surface area contributed by atoms with Crippen LogP contribution in [-0.2, 0) is 9.53 Å². The maximum absolute atomic E-state index is 12.7. The van der Waals surface area contributed by atoms with Gasteiger partial charge >= 0.3 is 6.09 Å². The number of carbonyl (C=O) groups excluding carboxylic acids is 2. The summed E-state index contributed by atoms with van der Waals surface area (Å²) in [7, 11) is 0. The molecule has 4 aliphatic rings. The number of nitrogens with two attached hydrogens (primary N) is 1. The number of carbonyl (C=O) groups is 2. The summed E-state index contributed by atoms with van der Waals surface area (Å²) in [6.45, 7) is 12.4. The van der Waals surface area contributed by atoms with E-state index >= 15 is 0 Å². The number of benzene rings is 1. The minimum absolute atomic E-state index is 0.0447. The molecule has 7 heteroatoms. The van der Waals surface area contributed by atoms with Crippen LogP contribution >= 0.6 is 0 Å². The van der Waals surface area contributed by atoms with E-state index in [2.05, 4.69) is 36.9 Å². The highest BCUT2D eigenvalue weighted by atomic mass is 16.6. The third kappa shape index (κ3) is 2.62. The van der Waals surface area contributed by atoms with Gasteiger partial charge in [-0.2, -0.15) is 0 Å². The Morgan fingerprint density at radius 1 is 1.19 bits per heavy atom. The topological polar surface area (TPSA) is 79.1 Å². The summed E-state index contributed by atoms with van der Waals surface area (Å²) in [5.74, 6) is 0.227. The van der Waals surface area contributed by atoms with Crippen LogP contribution in [0.25, 0.3) is 0 Å². The maximum Gasteiger partial charge on any atom is 0.411 e. The zero-order valence-electron chi connectivity index (χ0n) is 19.4. The highest BCUT2D eigenvalue weighted by molar-refractivity contribution is 5.94. The number of amides is 2. The Morgan fingerprint density at radius 3 is 2.45 bits per heavy atom. The van der Waals surface area contributed by atoms with Crippen molar-refractivity contribution in [2.75, 3.05) is 16.3 Å². The number of fused-ring (bicyclic) bond motifs is 1. The van der Waals surface area contributed by atoms with Crippen molar-refractivity contribution in [3.05, 3.63) is 23.8 Å². The molecule has 3 fully saturated rings. The van der Waals surface area contributed by atoms with Crippen LogP contribution in [-0.4, -0.2) is 52.7 Å². The van der Waals surface area contributed by atoms with E-state index in [0.29, 0.717) is 0 Å². The quantitative estimate of drug-likeness (QED) is 0.744. The predicted molar refractivity (Wildman–Crippen MR) is 120 cm³/mol. The molecule has 0 aromatic heterocycles. The Morgan fingerprint density at radius 2 is 1.90 bits per heavy atom. The molecule has 2 N–H and O–H groups in total. The standard InChI is InChI=1S/C24H34N4O3/c1-13-14(2)27(15(3)29)18-8-7-16(11-17(18)21(13)25)26-12-20-24(26)10-9-19(24)28(20)22(30)31-23(4,5)6/h7-8,11,13-14,19-21H,9-10,12,25H2,1-6H3/t13-,14-,19?,20?,21+,24?/m0/s1. The molecule has 2 saturated heterocycles. The second-order valence-electron chi connectivity index (χ2n) is 10.8. The van der Waals surface area contributed by atoms with Gasteiger partial charge in [-0.1, -0.05) is 6.92 Å². The molecule has 3 heterocycles. The molecular weight excluding hydrogens is 392 g/mol. The molecule has 168 valence electrons. The van der Waals surface area contributed by atoms with Gasteiger partial charge in [0.25, 0.3) is 0 Å². The lowest BCUT2D eigenvalue weighted by atomic mass is 9.52. The number of rotatable bonds is 1. The first-order valence-corrected chi connectivity index (χ1v) is 11.5. The summed E-state index contributed by atoms with van der Waals surface area (Å²) in [4.78, 5) is 31.3. The van der Waals surface area contributed by atoms with E-state index in [4.69, 9.17) is 10.5 Å². The molecule has 1 saturated carbocycles. The van der Waals surface area contributed by atoms with Gasteiger partial charge in [0.05, 0.1) is 17.6 Å². The summed E-state index contributed by atoms with van der Waals surface area (Å²) in [5.41, 5.74) is 9.29. The summed E-state index contributed by atoms with van der Waals surface area (Å²) in [6.07, 6.45) is 1.92. The fraction of sp³-hybridized carbons (Fsp3) is 0.667. The van der Waals surface area contributed by atoms with Gasteiger partial charge in [-0.15, -0.1) is 0 Å². The van der Waals surface area contributed by atoms with Crippen LogP contribution < -0.4 is 15.5 Å². The molecule has 5 rings (SSSR count). The molecule has 1 spiro atoms. The zero-order valence-corrected chi connectivity index (χ0v) is 19.4. The van der Waals surface area contributed by atoms with E-state index < -0.39 is 5.60 Å². The number of hydrogen-bond acceptors (Lipinski definition) is 5. The van der Waals surface area contributed by atoms with Crippen molar-refractivity contribution in [3.63, 3.8) is 0 Å². The molecule has 0 radical (unpaired) electrons. The average Bonchev–Trinajstić information content (AvgIpc) is 2.62. The summed E-state index contributed by atoms with van der Waals surface area (Å²) in [5, 5.41) is 0. The first-order valence-electron chi connectivity index (χ1n) is 11.5. The van der Waals surface area contributed by atoms with Gasteiger partial charge in [0.1, 0.15) is 5.60 Å². The maximum atomic E-state index is 12.7. The molecule has 0 bridgehead atoms. The molecule has 3 unspecified atom stereocenters. The number of piperidine rings is 1. The molecular formula is C24H34N4O3. The number of hydrogen-bond donors (Lipinski definition) is 1. The highest BCUT2D eigenvalue weighted by Gasteiger charge is 2.76. The van der Waals surface area contributed by atoms with Crippen molar-refractivity contribution in [3.8, 4) is 0 Å². The average molecular weight is 427 g/mol. The van der Waals surface area contributed by atoms with Gasteiger partial charge in [-0.3, -0.25) is 9.69 Å². The monoisotopic (exact) mass is 426 g/mol. The Balaban J connectivity index is 1.41. The fourth-order valence-electron chi connectivity index (χ4n) is 6.29. The van der Waals surface area contributed by atoms with Crippen LogP contribution in [0.3, 0.4) is 0 Å². The molecule has 1 aliphatic carbocycles. The predicted octanol–water partition coefficient (Wildman–Crippen LogP) is 3.42. The first-order chi connectivity index (χ1) is 14.5. The van der Waals surface area contributed by atoms with Gasteiger partial charge in [-0.25, -0.2) is 4.79 Å². The zero-order chi connectivity index (χ0) is 22.5. The van der Waals surface area contributed by atoms with Gasteiger partial charge in [0.2, 0.25) is 5.91 Å². The largest absolute Gasteiger partial charge is 0.444 e. The molecule has 3 aliphatic heterocycles. The van der Waals surface area contributed by atoms with Crippen molar-refractivity contribution in [1.82, 2.24) is 4.90 Å². The minimum atomic E-state index is -0.479. The normalized spacial score (nSPS) is 35.7. The number of ether oxygens (including phenoxy) is 1. The van der Waals surface area contributed by atoms with Gasteiger partial charge in [0.15, 0.2) is 0 Å². The van der Waals surface area contributed by atoms with Crippen molar-refractivity contribution in [2.24, 2.45) is 11.7 Å². The lowest BCUT2D eigenvalue weighted by molar-refractivity contribution is -0.173. The smallest absolute Gasteiger partial charge is 0.411 e. The molecule has 31 heavy (non-hydrogen) atoms. The van der Waals surface area contributed by atoms with Crippen molar-refractivity contribution in [2.45, 2.75) is 89.7 Å². The van der Waals surface area contributed by atoms with E-state index in [1.54, 1.807) is 6.92 Å². The SMILES string of the molecule is CC(=O)N1c2ccc(N3CC4N(C(=O)OC(C)(C)C)C5CCC543)cc2[C@H](N)[C@@H](C)[C@@H]1C. The number of anilines is 2. The molecule has 6 atom stereocenters. The first kappa shape index (κ1) is 20.6. The van der Waals surface area contributed by atoms with Crippen LogP contribution in [0, 0.1) is 5.92 Å². The van der Waals surface area contributed by atoms with E-state index in [0.717, 1.165) is 36.3 Å². The van der Waals surface area contributed by atoms with Gasteiger partial charge < -0.3 is 20.3 Å². The summed E-state index contributed by atoms with van der Waals surface area (Å²) in [6, 6.07) is 6.75. The summed E-state index contributed by atoms with van der Waals surface area (Å²) >= 11 is 0. The fourth-order valence-corrected chi connectivity index (χ4v) is 6.29. The number of likely N-dealkylation sites (tertiary alicyclic amines) is 1. The Bertz CT molecular complexity index is 949.